The molecule has 0 amide bonds. The SMILES string of the molecule is ClOCl.O=C([O-])[O-].O=C([O-])[O-].O=C([O-])[O-].O=C([O-])[O-].[Zr+4].[Zr+4]. The summed E-state index contributed by atoms with van der Waals surface area (Å²) in [6.07, 6.45) is -9.33. The molecule has 21 heavy (non-hydrogen) atoms. The van der Waals surface area contributed by atoms with Crippen LogP contribution >= 0.6 is 23.7 Å². The molecule has 0 rings (SSSR count). The van der Waals surface area contributed by atoms with E-state index in [2.05, 4.69) is 27.6 Å². The van der Waals surface area contributed by atoms with E-state index in [4.69, 9.17) is 60.0 Å². The van der Waals surface area contributed by atoms with Gasteiger partial charge < -0.3 is 60.0 Å². The molecule has 0 aliphatic rings. The molecular formula is C4Cl2O13Zr2. The first-order chi connectivity index (χ1) is 8.34. The van der Waals surface area contributed by atoms with Gasteiger partial charge in [-0.2, -0.15) is 3.84 Å². The third-order valence-electron chi connectivity index (χ3n) is 0. The molecule has 0 unspecified atom stereocenters. The summed E-state index contributed by atoms with van der Waals surface area (Å²) < 4.78 is 3.19. The van der Waals surface area contributed by atoms with Crippen molar-refractivity contribution < 1.29 is 116 Å². The van der Waals surface area contributed by atoms with Crippen molar-refractivity contribution in [3.8, 4) is 0 Å². The number of carbonyl (C=O) groups is 4. The third kappa shape index (κ3) is 15600. The van der Waals surface area contributed by atoms with Gasteiger partial charge in [-0.3, -0.25) is 0 Å². The Labute approximate surface area is 163 Å². The maximum atomic E-state index is 8.33. The first-order valence-electron chi connectivity index (χ1n) is 2.76. The van der Waals surface area contributed by atoms with Gasteiger partial charge in [-0.25, -0.2) is 0 Å². The van der Waals surface area contributed by atoms with Crippen molar-refractivity contribution in [3.05, 3.63) is 0 Å². The summed E-state index contributed by atoms with van der Waals surface area (Å²) in [5, 5.41) is 66.7. The molecule has 0 aliphatic heterocycles. The van der Waals surface area contributed by atoms with Crippen molar-refractivity contribution in [1.82, 2.24) is 0 Å². The Morgan fingerprint density at radius 2 is 0.524 bits per heavy atom. The molecule has 0 aromatic carbocycles. The van der Waals surface area contributed by atoms with Gasteiger partial charge in [-0.05, 0) is 24.6 Å². The molecule has 0 bridgehead atoms. The van der Waals surface area contributed by atoms with Gasteiger partial charge in [0.2, 0.25) is 0 Å². The zero-order valence-corrected chi connectivity index (χ0v) is 15.5. The average Bonchev–Trinajstić information content (AvgIpc) is 1.97. The van der Waals surface area contributed by atoms with E-state index in [-0.39, 0.29) is 52.4 Å². The van der Waals surface area contributed by atoms with Crippen molar-refractivity contribution in [2.24, 2.45) is 0 Å². The largest absolute Gasteiger partial charge is 4.00 e. The summed E-state index contributed by atoms with van der Waals surface area (Å²) in [5.74, 6) is 0. The normalized spacial score (nSPS) is 5.43. The minimum atomic E-state index is -2.33. The molecule has 0 saturated heterocycles. The Balaban J connectivity index is -0.0000000229. The van der Waals surface area contributed by atoms with E-state index in [1.54, 1.807) is 0 Å². The number of hydrogen-bond acceptors (Lipinski definition) is 13. The predicted octanol–water partition coefficient (Wildman–Crippen LogP) is -8.48. The summed E-state index contributed by atoms with van der Waals surface area (Å²) in [6.45, 7) is 0. The van der Waals surface area contributed by atoms with Gasteiger partial charge in [0.05, 0.1) is 23.7 Å². The van der Waals surface area contributed by atoms with E-state index in [1.165, 1.54) is 0 Å². The smallest absolute Gasteiger partial charge is 0.652 e. The Morgan fingerprint density at radius 1 is 0.524 bits per heavy atom. The summed E-state index contributed by atoms with van der Waals surface area (Å²) >= 11 is 8.53. The van der Waals surface area contributed by atoms with Crippen LogP contribution in [-0.2, 0) is 56.2 Å². The molecule has 13 nitrogen and oxygen atoms in total. The molecule has 0 fully saturated rings. The summed E-state index contributed by atoms with van der Waals surface area (Å²) in [6, 6.07) is 0. The molecule has 0 atom stereocenters. The first kappa shape index (κ1) is 42.8. The van der Waals surface area contributed by atoms with Crippen molar-refractivity contribution in [1.29, 1.82) is 0 Å². The van der Waals surface area contributed by atoms with E-state index in [9.17, 15) is 0 Å². The van der Waals surface area contributed by atoms with E-state index in [0.717, 1.165) is 0 Å². The van der Waals surface area contributed by atoms with Crippen LogP contribution in [-0.4, -0.2) is 24.6 Å². The van der Waals surface area contributed by atoms with Crippen LogP contribution in [0.15, 0.2) is 0 Å². The van der Waals surface area contributed by atoms with E-state index >= 15 is 0 Å². The summed E-state index contributed by atoms with van der Waals surface area (Å²) in [4.78, 5) is 33.3. The third-order valence-corrected chi connectivity index (χ3v) is 0. The molecule has 17 heteroatoms. The maximum Gasteiger partial charge on any atom is 4.00 e. The van der Waals surface area contributed by atoms with Gasteiger partial charge in [0, 0.05) is 0 Å². The molecule has 0 aliphatic carbocycles. The Kier molecular flexibility index (Phi) is 87.0. The van der Waals surface area contributed by atoms with Crippen LogP contribution in [0, 0.1) is 0 Å². The van der Waals surface area contributed by atoms with Gasteiger partial charge in [0.15, 0.2) is 0 Å². The van der Waals surface area contributed by atoms with Crippen LogP contribution in [0.3, 0.4) is 0 Å². The Bertz CT molecular complexity index is 184. The second-order valence-corrected chi connectivity index (χ2v) is 1.52. The van der Waals surface area contributed by atoms with Crippen molar-refractivity contribution in [3.63, 3.8) is 0 Å². The molecular weight excluding hydrogens is 509 g/mol. The van der Waals surface area contributed by atoms with Crippen LogP contribution < -0.4 is 40.9 Å². The van der Waals surface area contributed by atoms with Gasteiger partial charge in [-0.15, -0.1) is 0 Å². The zero-order chi connectivity index (χ0) is 17.0. The van der Waals surface area contributed by atoms with Crippen LogP contribution in [0.1, 0.15) is 0 Å². The van der Waals surface area contributed by atoms with Crippen LogP contribution in [0.4, 0.5) is 19.2 Å². The molecule has 0 spiro atoms. The fourth-order valence-corrected chi connectivity index (χ4v) is 0. The number of hydrogen-bond donors (Lipinski definition) is 0. The number of carboxylic acid groups (broad SMARTS) is 8. The van der Waals surface area contributed by atoms with E-state index in [0.29, 0.717) is 0 Å². The first-order valence-corrected chi connectivity index (χ1v) is 3.38. The summed E-state index contributed by atoms with van der Waals surface area (Å²) in [5.41, 5.74) is 0. The minimum absolute atomic E-state index is 0. The summed E-state index contributed by atoms with van der Waals surface area (Å²) in [7, 11) is 0. The molecule has 0 radical (unpaired) electrons. The minimum Gasteiger partial charge on any atom is -0.652 e. The topological polar surface area (TPSA) is 262 Å². The second kappa shape index (κ2) is 42.7. The molecule has 116 valence electrons. The molecule has 0 heterocycles. The molecule has 0 saturated carbocycles. The second-order valence-electron chi connectivity index (χ2n) is 1.06. The number of halogens is 2. The van der Waals surface area contributed by atoms with Crippen LogP contribution in [0.2, 0.25) is 0 Å². The van der Waals surface area contributed by atoms with Crippen LogP contribution in [0.25, 0.3) is 0 Å². The zero-order valence-electron chi connectivity index (χ0n) is 9.06. The van der Waals surface area contributed by atoms with Crippen LogP contribution in [0.5, 0.6) is 0 Å². The Morgan fingerprint density at radius 3 is 0.524 bits per heavy atom. The van der Waals surface area contributed by atoms with Gasteiger partial charge in [-0.1, -0.05) is 0 Å². The van der Waals surface area contributed by atoms with E-state index in [1.807, 2.05) is 0 Å². The Hall–Kier alpha value is -0.614. The van der Waals surface area contributed by atoms with Crippen molar-refractivity contribution in [2.75, 3.05) is 0 Å². The molecule has 0 N–H and O–H groups in total. The number of carbonyl (C=O) groups excluding carboxylic acids is 4. The molecule has 0 aromatic heterocycles. The van der Waals surface area contributed by atoms with Gasteiger partial charge >= 0.3 is 52.4 Å². The standard InChI is InChI=1S/4CH2O3.Cl2O.2Zr/c4*2-1(3)4;1-3-2;;/h4*(H2,2,3,4);;;/q;;;;;2*+4/p-8. The molecule has 0 aromatic rings. The van der Waals surface area contributed by atoms with Gasteiger partial charge in [0.1, 0.15) is 0 Å². The maximum absolute atomic E-state index is 8.33. The average molecular weight is 509 g/mol. The van der Waals surface area contributed by atoms with Crippen molar-refractivity contribution >= 4 is 48.4 Å². The monoisotopic (exact) mass is 506 g/mol. The van der Waals surface area contributed by atoms with Crippen molar-refractivity contribution in [2.45, 2.75) is 0 Å². The fourth-order valence-electron chi connectivity index (χ4n) is 0. The fraction of sp³-hybridized carbons (Fsp3) is 0. The van der Waals surface area contributed by atoms with Gasteiger partial charge in [0.25, 0.3) is 0 Å². The predicted molar refractivity (Wildman–Crippen MR) is 34.4 cm³/mol. The number of rotatable bonds is 0. The van der Waals surface area contributed by atoms with E-state index < -0.39 is 24.6 Å². The quantitative estimate of drug-likeness (QED) is 0.294.